The van der Waals surface area contributed by atoms with Gasteiger partial charge in [0, 0.05) is 23.5 Å². The highest BCUT2D eigenvalue weighted by Crippen LogP contribution is 2.30. The first kappa shape index (κ1) is 13.1. The Kier molecular flexibility index (Phi) is 3.71. The molecule has 102 valence electrons. The van der Waals surface area contributed by atoms with Crippen LogP contribution in [0, 0.1) is 0 Å². The van der Waals surface area contributed by atoms with E-state index in [-0.39, 0.29) is 6.04 Å². The molecule has 0 aliphatic carbocycles. The van der Waals surface area contributed by atoms with E-state index in [4.69, 9.17) is 11.6 Å². The summed E-state index contributed by atoms with van der Waals surface area (Å²) in [5.74, 6) is 0.784. The van der Waals surface area contributed by atoms with Crippen molar-refractivity contribution in [2.75, 3.05) is 5.32 Å². The maximum atomic E-state index is 5.98. The molecule has 4 nitrogen and oxygen atoms in total. The molecule has 0 saturated carbocycles. The van der Waals surface area contributed by atoms with Gasteiger partial charge in [-0.1, -0.05) is 11.6 Å². The van der Waals surface area contributed by atoms with Crippen molar-refractivity contribution in [2.45, 2.75) is 13.0 Å². The Balaban J connectivity index is 1.88. The predicted octanol–water partition coefficient (Wildman–Crippen LogP) is 4.16. The number of rotatable bonds is 4. The minimum Gasteiger partial charge on any atom is -0.375 e. The minimum atomic E-state index is 0.158. The maximum Gasteiger partial charge on any atom is 0.176 e. The molecule has 0 saturated heterocycles. The van der Waals surface area contributed by atoms with E-state index in [1.807, 2.05) is 36.5 Å². The second kappa shape index (κ2) is 5.64. The number of nitrogens with zero attached hydrogens (tertiary/aromatic N) is 3. The molecule has 3 rings (SSSR count). The zero-order valence-corrected chi connectivity index (χ0v) is 12.4. The van der Waals surface area contributed by atoms with Gasteiger partial charge in [-0.05, 0) is 37.3 Å². The summed E-state index contributed by atoms with van der Waals surface area (Å²) in [6.07, 6.45) is 5.37. The number of anilines is 1. The Labute approximate surface area is 126 Å². The Morgan fingerprint density at radius 2 is 2.15 bits per heavy atom. The van der Waals surface area contributed by atoms with Crippen LogP contribution in [0.25, 0.3) is 5.82 Å². The van der Waals surface area contributed by atoms with Crippen LogP contribution in [0.3, 0.4) is 0 Å². The monoisotopic (exact) mass is 304 g/mol. The largest absolute Gasteiger partial charge is 0.375 e. The van der Waals surface area contributed by atoms with Gasteiger partial charge in [-0.3, -0.25) is 0 Å². The van der Waals surface area contributed by atoms with E-state index in [0.717, 1.165) is 15.8 Å². The normalized spacial score (nSPS) is 12.3. The summed E-state index contributed by atoms with van der Waals surface area (Å²) in [6.45, 7) is 2.10. The number of hydrogen-bond acceptors (Lipinski definition) is 4. The molecule has 0 fully saturated rings. The molecule has 0 aliphatic heterocycles. The van der Waals surface area contributed by atoms with E-state index in [9.17, 15) is 0 Å². The first-order valence-electron chi connectivity index (χ1n) is 6.21. The average Bonchev–Trinajstić information content (AvgIpc) is 3.10. The molecule has 6 heteroatoms. The highest BCUT2D eigenvalue weighted by molar-refractivity contribution is 7.16. The summed E-state index contributed by atoms with van der Waals surface area (Å²) in [7, 11) is 0. The van der Waals surface area contributed by atoms with Gasteiger partial charge in [0.15, 0.2) is 5.82 Å². The molecule has 3 heterocycles. The third kappa shape index (κ3) is 2.69. The SMILES string of the molecule is CC(Nc1cccnc1-n1cccn1)c1ccc(Cl)s1. The van der Waals surface area contributed by atoms with Gasteiger partial charge in [0.05, 0.1) is 16.1 Å². The lowest BCUT2D eigenvalue weighted by Crippen LogP contribution is -2.09. The van der Waals surface area contributed by atoms with Gasteiger partial charge < -0.3 is 5.32 Å². The van der Waals surface area contributed by atoms with Gasteiger partial charge in [0.25, 0.3) is 0 Å². The summed E-state index contributed by atoms with van der Waals surface area (Å²) < 4.78 is 2.54. The molecule has 0 aliphatic rings. The third-order valence-electron chi connectivity index (χ3n) is 2.90. The van der Waals surface area contributed by atoms with Crippen LogP contribution < -0.4 is 5.32 Å². The molecule has 0 radical (unpaired) electrons. The van der Waals surface area contributed by atoms with Crippen molar-refractivity contribution in [3.8, 4) is 5.82 Å². The Hall–Kier alpha value is -1.85. The highest BCUT2D eigenvalue weighted by atomic mass is 35.5. The fourth-order valence-electron chi connectivity index (χ4n) is 1.95. The topological polar surface area (TPSA) is 42.7 Å². The highest BCUT2D eigenvalue weighted by Gasteiger charge is 2.12. The van der Waals surface area contributed by atoms with Crippen LogP contribution >= 0.6 is 22.9 Å². The van der Waals surface area contributed by atoms with Gasteiger partial charge in [-0.15, -0.1) is 11.3 Å². The molecular formula is C14H13ClN4S. The van der Waals surface area contributed by atoms with Crippen molar-refractivity contribution in [3.05, 3.63) is 58.1 Å². The number of hydrogen-bond donors (Lipinski definition) is 1. The summed E-state index contributed by atoms with van der Waals surface area (Å²) in [6, 6.07) is 9.89. The minimum absolute atomic E-state index is 0.158. The van der Waals surface area contributed by atoms with Gasteiger partial charge in [-0.25, -0.2) is 9.67 Å². The average molecular weight is 305 g/mol. The number of halogens is 1. The van der Waals surface area contributed by atoms with Gasteiger partial charge >= 0.3 is 0 Å². The Morgan fingerprint density at radius 3 is 2.85 bits per heavy atom. The quantitative estimate of drug-likeness (QED) is 0.787. The zero-order valence-electron chi connectivity index (χ0n) is 10.8. The lowest BCUT2D eigenvalue weighted by Gasteiger charge is -2.16. The van der Waals surface area contributed by atoms with Crippen molar-refractivity contribution < 1.29 is 0 Å². The number of nitrogens with one attached hydrogen (secondary N) is 1. The first-order chi connectivity index (χ1) is 9.74. The lowest BCUT2D eigenvalue weighted by molar-refractivity contribution is 0.834. The molecule has 20 heavy (non-hydrogen) atoms. The second-order valence-electron chi connectivity index (χ2n) is 4.33. The summed E-state index contributed by atoms with van der Waals surface area (Å²) in [5.41, 5.74) is 0.938. The van der Waals surface area contributed by atoms with E-state index in [0.29, 0.717) is 0 Å². The molecule has 0 bridgehead atoms. The molecule has 1 unspecified atom stereocenters. The molecule has 0 aromatic carbocycles. The molecule has 0 spiro atoms. The van der Waals surface area contributed by atoms with E-state index < -0.39 is 0 Å². The van der Waals surface area contributed by atoms with Crippen LogP contribution in [0.4, 0.5) is 5.69 Å². The van der Waals surface area contributed by atoms with Crippen LogP contribution in [-0.2, 0) is 0 Å². The summed E-state index contributed by atoms with van der Waals surface area (Å²) >= 11 is 7.56. The molecular weight excluding hydrogens is 292 g/mol. The van der Waals surface area contributed by atoms with E-state index >= 15 is 0 Å². The van der Waals surface area contributed by atoms with Crippen LogP contribution in [0.15, 0.2) is 48.9 Å². The Morgan fingerprint density at radius 1 is 1.25 bits per heavy atom. The molecule has 1 N–H and O–H groups in total. The maximum absolute atomic E-state index is 5.98. The molecule has 3 aromatic rings. The van der Waals surface area contributed by atoms with Crippen LogP contribution in [0.1, 0.15) is 17.8 Å². The summed E-state index contributed by atoms with van der Waals surface area (Å²) in [4.78, 5) is 5.57. The van der Waals surface area contributed by atoms with Crippen molar-refractivity contribution >= 4 is 28.6 Å². The second-order valence-corrected chi connectivity index (χ2v) is 6.08. The molecule has 0 amide bonds. The van der Waals surface area contributed by atoms with Crippen LogP contribution in [0.5, 0.6) is 0 Å². The van der Waals surface area contributed by atoms with E-state index in [1.54, 1.807) is 28.4 Å². The van der Waals surface area contributed by atoms with Crippen molar-refractivity contribution in [2.24, 2.45) is 0 Å². The zero-order chi connectivity index (χ0) is 13.9. The standard InChI is InChI=1S/C14H13ClN4S/c1-10(12-5-6-13(15)20-12)18-11-4-2-7-16-14(11)19-9-3-8-17-19/h2-10,18H,1H3. The van der Waals surface area contributed by atoms with Crippen molar-refractivity contribution in [1.82, 2.24) is 14.8 Å². The number of aromatic nitrogens is 3. The van der Waals surface area contributed by atoms with E-state index in [1.165, 1.54) is 4.88 Å². The lowest BCUT2D eigenvalue weighted by atomic mass is 10.2. The van der Waals surface area contributed by atoms with Crippen molar-refractivity contribution in [1.29, 1.82) is 0 Å². The predicted molar refractivity (Wildman–Crippen MR) is 82.7 cm³/mol. The van der Waals surface area contributed by atoms with Crippen molar-refractivity contribution in [3.63, 3.8) is 0 Å². The van der Waals surface area contributed by atoms with Crippen LogP contribution in [-0.4, -0.2) is 14.8 Å². The van der Waals surface area contributed by atoms with E-state index in [2.05, 4.69) is 22.3 Å². The third-order valence-corrected chi connectivity index (χ3v) is 4.31. The first-order valence-corrected chi connectivity index (χ1v) is 7.40. The van der Waals surface area contributed by atoms with Gasteiger partial charge in [0.1, 0.15) is 0 Å². The fourth-order valence-corrected chi connectivity index (χ4v) is 3.01. The van der Waals surface area contributed by atoms with Gasteiger partial charge in [0.2, 0.25) is 0 Å². The molecule has 3 aromatic heterocycles. The fraction of sp³-hybridized carbons (Fsp3) is 0.143. The Bertz CT molecular complexity index is 693. The summed E-state index contributed by atoms with van der Waals surface area (Å²) in [5, 5.41) is 7.68. The van der Waals surface area contributed by atoms with Crippen LogP contribution in [0.2, 0.25) is 4.34 Å². The smallest absolute Gasteiger partial charge is 0.176 e. The number of pyridine rings is 1. The van der Waals surface area contributed by atoms with Gasteiger partial charge in [-0.2, -0.15) is 5.10 Å². The number of thiophene rings is 1. The molecule has 1 atom stereocenters.